The lowest BCUT2D eigenvalue weighted by Crippen LogP contribution is -1.87. The smallest absolute Gasteiger partial charge is 0.118 e. The summed E-state index contributed by atoms with van der Waals surface area (Å²) in [4.78, 5) is 0. The van der Waals surface area contributed by atoms with E-state index in [0.29, 0.717) is 16.5 Å². The summed E-state index contributed by atoms with van der Waals surface area (Å²) in [5.74, 6) is 0.452. The number of anilines is 1. The number of para-hydroxylation sites is 2. The van der Waals surface area contributed by atoms with Crippen molar-refractivity contribution >= 4 is 17.3 Å². The fraction of sp³-hybridized carbons (Fsp3) is 0.429. The van der Waals surface area contributed by atoms with Crippen molar-refractivity contribution in [3.63, 3.8) is 0 Å². The van der Waals surface area contributed by atoms with E-state index in [9.17, 15) is 5.11 Å². The van der Waals surface area contributed by atoms with E-state index < -0.39 is 0 Å². The van der Waals surface area contributed by atoms with Crippen molar-refractivity contribution in [1.29, 1.82) is 0 Å². The van der Waals surface area contributed by atoms with Gasteiger partial charge >= 0.3 is 0 Å². The molecule has 2 nitrogen and oxygen atoms in total. The van der Waals surface area contributed by atoms with Crippen molar-refractivity contribution in [3.05, 3.63) is 59.1 Å². The Bertz CT molecular complexity index is 550. The van der Waals surface area contributed by atoms with Gasteiger partial charge in [-0.25, -0.2) is 0 Å². The largest absolute Gasteiger partial charge is 0.508 e. The fourth-order valence-electron chi connectivity index (χ4n) is 2.47. The Labute approximate surface area is 151 Å². The molecule has 0 spiro atoms. The van der Waals surface area contributed by atoms with E-state index in [-0.39, 0.29) is 0 Å². The van der Waals surface area contributed by atoms with Gasteiger partial charge in [0, 0.05) is 0 Å². The van der Waals surface area contributed by atoms with Crippen molar-refractivity contribution < 1.29 is 5.11 Å². The van der Waals surface area contributed by atoms with Crippen LogP contribution in [0.3, 0.4) is 0 Å². The first-order valence-corrected chi connectivity index (χ1v) is 9.29. The molecule has 0 aromatic heterocycles. The molecule has 3 N–H and O–H groups in total. The van der Waals surface area contributed by atoms with Gasteiger partial charge in [0.25, 0.3) is 0 Å². The van der Waals surface area contributed by atoms with Gasteiger partial charge in [-0.3, -0.25) is 0 Å². The number of benzene rings is 2. The van der Waals surface area contributed by atoms with Gasteiger partial charge in [0.1, 0.15) is 5.75 Å². The van der Waals surface area contributed by atoms with Crippen LogP contribution in [-0.2, 0) is 6.42 Å². The van der Waals surface area contributed by atoms with E-state index in [1.54, 1.807) is 18.2 Å². The highest BCUT2D eigenvalue weighted by Gasteiger charge is 1.98. The second-order valence-electron chi connectivity index (χ2n) is 6.02. The van der Waals surface area contributed by atoms with Gasteiger partial charge in [-0.15, -0.1) is 0 Å². The molecular weight excluding hydrogens is 318 g/mol. The van der Waals surface area contributed by atoms with Crippen molar-refractivity contribution in [2.75, 3.05) is 5.73 Å². The zero-order valence-electron chi connectivity index (χ0n) is 14.7. The second kappa shape index (κ2) is 12.7. The van der Waals surface area contributed by atoms with E-state index in [2.05, 4.69) is 6.92 Å². The van der Waals surface area contributed by atoms with Gasteiger partial charge in [0.2, 0.25) is 0 Å². The van der Waals surface area contributed by atoms with Crippen LogP contribution >= 0.6 is 11.6 Å². The minimum Gasteiger partial charge on any atom is -0.508 e. The van der Waals surface area contributed by atoms with Gasteiger partial charge in [-0.2, -0.15) is 0 Å². The number of aromatic hydroxyl groups is 1. The number of hydrogen-bond donors (Lipinski definition) is 2. The van der Waals surface area contributed by atoms with Crippen LogP contribution in [0.15, 0.2) is 48.5 Å². The average molecular weight is 348 g/mol. The lowest BCUT2D eigenvalue weighted by Gasteiger charge is -2.04. The van der Waals surface area contributed by atoms with Crippen LogP contribution in [0.1, 0.15) is 57.4 Å². The Balaban J connectivity index is 0.000000300. The van der Waals surface area contributed by atoms with Crippen LogP contribution in [0.4, 0.5) is 5.69 Å². The van der Waals surface area contributed by atoms with Crippen molar-refractivity contribution in [1.82, 2.24) is 0 Å². The summed E-state index contributed by atoms with van der Waals surface area (Å²) in [7, 11) is 0. The third-order valence-corrected chi connectivity index (χ3v) is 4.29. The number of unbranched alkanes of at least 4 members (excludes halogenated alkanes) is 6. The zero-order chi connectivity index (χ0) is 17.6. The molecule has 24 heavy (non-hydrogen) atoms. The van der Waals surface area contributed by atoms with Crippen LogP contribution < -0.4 is 5.73 Å². The molecule has 0 saturated carbocycles. The highest BCUT2D eigenvalue weighted by molar-refractivity contribution is 6.33. The number of phenols is 1. The topological polar surface area (TPSA) is 46.2 Å². The summed E-state index contributed by atoms with van der Waals surface area (Å²) in [6, 6.07) is 14.9. The molecule has 3 heteroatoms. The van der Waals surface area contributed by atoms with E-state index in [0.717, 1.165) is 12.0 Å². The maximum absolute atomic E-state index is 9.58. The third-order valence-electron chi connectivity index (χ3n) is 3.95. The first kappa shape index (κ1) is 20.4. The van der Waals surface area contributed by atoms with Crippen LogP contribution in [0.2, 0.25) is 5.02 Å². The van der Waals surface area contributed by atoms with E-state index in [1.807, 2.05) is 30.3 Å². The summed E-state index contributed by atoms with van der Waals surface area (Å²) in [6.45, 7) is 2.25. The Kier molecular flexibility index (Phi) is 10.8. The van der Waals surface area contributed by atoms with Gasteiger partial charge in [-0.05, 0) is 36.6 Å². The fourth-order valence-corrected chi connectivity index (χ4v) is 2.61. The van der Waals surface area contributed by atoms with E-state index in [1.165, 1.54) is 44.9 Å². The maximum Gasteiger partial charge on any atom is 0.118 e. The minimum absolute atomic E-state index is 0.452. The van der Waals surface area contributed by atoms with Gasteiger partial charge in [0.15, 0.2) is 0 Å². The molecule has 0 saturated heterocycles. The number of nitrogen functional groups attached to an aromatic ring is 1. The quantitative estimate of drug-likeness (QED) is 0.417. The predicted molar refractivity (Wildman–Crippen MR) is 106 cm³/mol. The van der Waals surface area contributed by atoms with E-state index >= 15 is 0 Å². The molecule has 0 aliphatic carbocycles. The Hall–Kier alpha value is -1.67. The van der Waals surface area contributed by atoms with Crippen LogP contribution in [0, 0.1) is 0 Å². The number of hydrogen-bond acceptors (Lipinski definition) is 2. The Morgan fingerprint density at radius 1 is 0.833 bits per heavy atom. The molecule has 0 radical (unpaired) electrons. The number of phenolic OH excluding ortho intramolecular Hbond substituents is 1. The number of nitrogens with two attached hydrogens (primary N) is 1. The summed E-state index contributed by atoms with van der Waals surface area (Å²) in [6.07, 6.45) is 10.3. The van der Waals surface area contributed by atoms with Crippen LogP contribution in [-0.4, -0.2) is 5.11 Å². The molecule has 132 valence electrons. The average Bonchev–Trinajstić information content (AvgIpc) is 2.59. The summed E-state index contributed by atoms with van der Waals surface area (Å²) in [5.41, 5.74) is 7.11. The first-order chi connectivity index (χ1) is 11.6. The molecule has 0 unspecified atom stereocenters. The normalized spacial score (nSPS) is 10.1. The molecule has 2 aromatic rings. The molecule has 0 aliphatic rings. The molecule has 2 aromatic carbocycles. The van der Waals surface area contributed by atoms with Crippen molar-refractivity contribution in [3.8, 4) is 5.75 Å². The summed E-state index contributed by atoms with van der Waals surface area (Å²) in [5, 5.41) is 10.2. The number of aryl methyl sites for hydroxylation is 1. The molecule has 2 rings (SSSR count). The minimum atomic E-state index is 0.452. The summed E-state index contributed by atoms with van der Waals surface area (Å²) < 4.78 is 0. The zero-order valence-corrected chi connectivity index (χ0v) is 15.4. The monoisotopic (exact) mass is 347 g/mol. The third kappa shape index (κ3) is 8.83. The lowest BCUT2D eigenvalue weighted by molar-refractivity contribution is 0.466. The molecule has 0 fully saturated rings. The van der Waals surface area contributed by atoms with E-state index in [4.69, 9.17) is 17.3 Å². The second-order valence-corrected chi connectivity index (χ2v) is 6.43. The first-order valence-electron chi connectivity index (χ1n) is 8.92. The van der Waals surface area contributed by atoms with Gasteiger partial charge < -0.3 is 10.8 Å². The molecular formula is C21H30ClNO. The molecule has 0 bridgehead atoms. The number of halogens is 1. The van der Waals surface area contributed by atoms with Crippen LogP contribution in [0.25, 0.3) is 0 Å². The summed E-state index contributed by atoms with van der Waals surface area (Å²) >= 11 is 5.58. The lowest BCUT2D eigenvalue weighted by atomic mass is 10.0. The highest BCUT2D eigenvalue weighted by atomic mass is 35.5. The van der Waals surface area contributed by atoms with Gasteiger partial charge in [-0.1, -0.05) is 87.4 Å². The van der Waals surface area contributed by atoms with Gasteiger partial charge in [0.05, 0.1) is 10.7 Å². The number of rotatable bonds is 8. The molecule has 0 atom stereocenters. The van der Waals surface area contributed by atoms with Crippen LogP contribution in [0.5, 0.6) is 5.75 Å². The predicted octanol–water partition coefficient (Wildman–Crippen LogP) is 6.61. The highest BCUT2D eigenvalue weighted by Crippen LogP contribution is 2.19. The van der Waals surface area contributed by atoms with Crippen molar-refractivity contribution in [2.45, 2.75) is 58.3 Å². The standard InChI is InChI=1S/C15H24O.C6H6ClN/c1-2-3-4-5-6-7-8-11-14-12-9-10-13-15(14)16;7-5-3-1-2-4-6(5)8/h9-10,12-13,16H,2-8,11H2,1H3;1-4H,8H2. The Morgan fingerprint density at radius 3 is 2.00 bits per heavy atom. The molecule has 0 amide bonds. The molecule has 0 heterocycles. The SMILES string of the molecule is CCCCCCCCCc1ccccc1O.Nc1ccccc1Cl. The molecule has 0 aliphatic heterocycles. The maximum atomic E-state index is 9.58. The van der Waals surface area contributed by atoms with Crippen molar-refractivity contribution in [2.24, 2.45) is 0 Å². The Morgan fingerprint density at radius 2 is 1.42 bits per heavy atom.